The van der Waals surface area contributed by atoms with Gasteiger partial charge in [0.1, 0.15) is 4.21 Å². The van der Waals surface area contributed by atoms with Gasteiger partial charge >= 0.3 is 5.97 Å². The first-order chi connectivity index (χ1) is 12.9. The number of ether oxygens (including phenoxy) is 1. The van der Waals surface area contributed by atoms with Crippen LogP contribution in [0.25, 0.3) is 0 Å². The molecule has 2 N–H and O–H groups in total. The van der Waals surface area contributed by atoms with E-state index >= 15 is 0 Å². The van der Waals surface area contributed by atoms with Crippen LogP contribution in [0.2, 0.25) is 0 Å². The second kappa shape index (κ2) is 8.20. The Kier molecular flexibility index (Phi) is 5.93. The van der Waals surface area contributed by atoms with Crippen LogP contribution in [0.1, 0.15) is 41.3 Å². The van der Waals surface area contributed by atoms with Gasteiger partial charge in [0.15, 0.2) is 0 Å². The summed E-state index contributed by atoms with van der Waals surface area (Å²) in [7, 11) is -3.89. The molecule has 0 saturated carbocycles. The minimum atomic E-state index is -3.89. The van der Waals surface area contributed by atoms with Gasteiger partial charge < -0.3 is 9.64 Å². The van der Waals surface area contributed by atoms with Crippen LogP contribution >= 0.6 is 11.3 Å². The van der Waals surface area contributed by atoms with E-state index in [1.807, 2.05) is 6.07 Å². The summed E-state index contributed by atoms with van der Waals surface area (Å²) in [6.07, 6.45) is 1.84. The van der Waals surface area contributed by atoms with Crippen LogP contribution in [0, 0.1) is 0 Å². The van der Waals surface area contributed by atoms with Crippen molar-refractivity contribution in [1.82, 2.24) is 4.90 Å². The van der Waals surface area contributed by atoms with Crippen LogP contribution < -0.4 is 5.14 Å². The van der Waals surface area contributed by atoms with Crippen molar-refractivity contribution in [3.63, 3.8) is 0 Å². The zero-order valence-corrected chi connectivity index (χ0v) is 16.2. The maximum Gasteiger partial charge on any atom is 0.340 e. The number of hydrogen-bond donors (Lipinski definition) is 1. The van der Waals surface area contributed by atoms with Gasteiger partial charge in [0.05, 0.1) is 5.56 Å². The third kappa shape index (κ3) is 4.74. The van der Waals surface area contributed by atoms with E-state index < -0.39 is 22.1 Å². The van der Waals surface area contributed by atoms with Gasteiger partial charge in [-0.1, -0.05) is 30.3 Å². The summed E-state index contributed by atoms with van der Waals surface area (Å²) in [4.78, 5) is 27.2. The molecule has 1 aromatic carbocycles. The zero-order valence-electron chi connectivity index (χ0n) is 14.5. The highest BCUT2D eigenvalue weighted by atomic mass is 32.2. The van der Waals surface area contributed by atoms with Crippen molar-refractivity contribution >= 4 is 33.2 Å². The lowest BCUT2D eigenvalue weighted by Gasteiger charge is -2.30. The fourth-order valence-corrected chi connectivity index (χ4v) is 4.49. The summed E-state index contributed by atoms with van der Waals surface area (Å²) >= 11 is 0.835. The quantitative estimate of drug-likeness (QED) is 0.764. The Morgan fingerprint density at radius 1 is 1.11 bits per heavy atom. The fraction of sp³-hybridized carbons (Fsp3) is 0.333. The molecule has 1 fully saturated rings. The standard InChI is InChI=1S/C18H20N2O5S2/c19-27(23,24)15-11-14(12-26-15)18(22)25-16(13-7-3-1-4-8-13)17(21)20-9-5-2-6-10-20/h1,3-4,7-8,11-12,16H,2,5-6,9-10H2,(H2,19,23,24). The summed E-state index contributed by atoms with van der Waals surface area (Å²) < 4.78 is 28.2. The Morgan fingerprint density at radius 2 is 1.78 bits per heavy atom. The number of piperidine rings is 1. The first-order valence-electron chi connectivity index (χ1n) is 8.52. The molecular formula is C18H20N2O5S2. The second-order valence-electron chi connectivity index (χ2n) is 6.28. The predicted molar refractivity (Wildman–Crippen MR) is 101 cm³/mol. The largest absolute Gasteiger partial charge is 0.444 e. The van der Waals surface area contributed by atoms with Crippen molar-refractivity contribution in [2.45, 2.75) is 29.6 Å². The predicted octanol–water partition coefficient (Wildman–Crippen LogP) is 2.31. The molecule has 1 unspecified atom stereocenters. The monoisotopic (exact) mass is 408 g/mol. The van der Waals surface area contributed by atoms with E-state index in [9.17, 15) is 18.0 Å². The topological polar surface area (TPSA) is 107 Å². The number of carbonyl (C=O) groups is 2. The molecule has 0 aliphatic carbocycles. The van der Waals surface area contributed by atoms with Crippen molar-refractivity contribution in [3.8, 4) is 0 Å². The molecule has 1 amide bonds. The van der Waals surface area contributed by atoms with Gasteiger partial charge in [-0.2, -0.15) is 0 Å². The summed E-state index contributed by atoms with van der Waals surface area (Å²) in [5, 5.41) is 6.43. The van der Waals surface area contributed by atoms with E-state index in [1.165, 1.54) is 5.38 Å². The van der Waals surface area contributed by atoms with Crippen LogP contribution in [0.5, 0.6) is 0 Å². The van der Waals surface area contributed by atoms with Crippen LogP contribution in [-0.4, -0.2) is 38.3 Å². The first-order valence-corrected chi connectivity index (χ1v) is 10.9. The first kappa shape index (κ1) is 19.5. The third-order valence-electron chi connectivity index (χ3n) is 4.31. The lowest BCUT2D eigenvalue weighted by Crippen LogP contribution is -2.40. The lowest BCUT2D eigenvalue weighted by molar-refractivity contribution is -0.142. The van der Waals surface area contributed by atoms with Gasteiger partial charge in [0.25, 0.3) is 5.91 Å². The Hall–Kier alpha value is -2.23. The number of amides is 1. The average molecular weight is 409 g/mol. The molecule has 3 rings (SSSR count). The number of sulfonamides is 1. The van der Waals surface area contributed by atoms with Gasteiger partial charge in [-0.3, -0.25) is 4.79 Å². The third-order valence-corrected chi connectivity index (χ3v) is 6.70. The van der Waals surface area contributed by atoms with Crippen molar-refractivity contribution in [1.29, 1.82) is 0 Å². The van der Waals surface area contributed by atoms with Crippen molar-refractivity contribution < 1.29 is 22.7 Å². The van der Waals surface area contributed by atoms with Crippen LogP contribution in [-0.2, 0) is 19.6 Å². The van der Waals surface area contributed by atoms with Gasteiger partial charge in [0.2, 0.25) is 16.1 Å². The summed E-state index contributed by atoms with van der Waals surface area (Å²) in [5.74, 6) is -1.03. The van der Waals surface area contributed by atoms with Crippen molar-refractivity contribution in [2.75, 3.05) is 13.1 Å². The SMILES string of the molecule is NS(=O)(=O)c1cc(C(=O)OC(C(=O)N2CCCCC2)c2ccccc2)cs1. The Labute approximate surface area is 161 Å². The van der Waals surface area contributed by atoms with E-state index in [4.69, 9.17) is 9.88 Å². The fourth-order valence-electron chi connectivity index (χ4n) is 2.92. The smallest absolute Gasteiger partial charge is 0.340 e. The van der Waals surface area contributed by atoms with E-state index in [-0.39, 0.29) is 15.7 Å². The lowest BCUT2D eigenvalue weighted by atomic mass is 10.1. The molecule has 27 heavy (non-hydrogen) atoms. The molecule has 0 bridgehead atoms. The van der Waals surface area contributed by atoms with Crippen molar-refractivity contribution in [3.05, 3.63) is 52.9 Å². The van der Waals surface area contributed by atoms with Gasteiger partial charge in [-0.05, 0) is 25.3 Å². The molecular weight excluding hydrogens is 388 g/mol. The van der Waals surface area contributed by atoms with E-state index in [1.54, 1.807) is 29.2 Å². The Balaban J connectivity index is 1.83. The average Bonchev–Trinajstić information content (AvgIpc) is 3.18. The molecule has 2 aromatic rings. The van der Waals surface area contributed by atoms with E-state index in [2.05, 4.69) is 0 Å². The Morgan fingerprint density at radius 3 is 2.37 bits per heavy atom. The number of carbonyl (C=O) groups excluding carboxylic acids is 2. The number of likely N-dealkylation sites (tertiary alicyclic amines) is 1. The molecule has 1 atom stereocenters. The van der Waals surface area contributed by atoms with Crippen LogP contribution in [0.4, 0.5) is 0 Å². The summed E-state index contributed by atoms with van der Waals surface area (Å²) in [5.41, 5.74) is 0.625. The molecule has 2 heterocycles. The van der Waals surface area contributed by atoms with Gasteiger partial charge in [0, 0.05) is 24.0 Å². The van der Waals surface area contributed by atoms with E-state index in [0.717, 1.165) is 36.7 Å². The summed E-state index contributed by atoms with van der Waals surface area (Å²) in [6.45, 7) is 1.27. The van der Waals surface area contributed by atoms with Crippen molar-refractivity contribution in [2.24, 2.45) is 5.14 Å². The number of hydrogen-bond acceptors (Lipinski definition) is 6. The molecule has 0 spiro atoms. The van der Waals surface area contributed by atoms with Gasteiger partial charge in [-0.15, -0.1) is 11.3 Å². The normalized spacial score (nSPS) is 16.0. The highest BCUT2D eigenvalue weighted by molar-refractivity contribution is 7.91. The van der Waals surface area contributed by atoms with E-state index in [0.29, 0.717) is 18.7 Å². The number of nitrogens with two attached hydrogens (primary N) is 1. The molecule has 9 heteroatoms. The maximum absolute atomic E-state index is 13.0. The Bertz CT molecular complexity index is 918. The molecule has 1 aliphatic heterocycles. The number of nitrogens with zero attached hydrogens (tertiary/aromatic N) is 1. The number of esters is 1. The zero-order chi connectivity index (χ0) is 19.4. The van der Waals surface area contributed by atoms with Crippen LogP contribution in [0.3, 0.4) is 0 Å². The maximum atomic E-state index is 13.0. The molecule has 1 aromatic heterocycles. The highest BCUT2D eigenvalue weighted by Gasteiger charge is 2.31. The number of benzene rings is 1. The second-order valence-corrected chi connectivity index (χ2v) is 8.98. The summed E-state index contributed by atoms with van der Waals surface area (Å²) in [6, 6.07) is 9.96. The minimum Gasteiger partial charge on any atom is -0.444 e. The molecule has 144 valence electrons. The molecule has 7 nitrogen and oxygen atoms in total. The molecule has 1 aliphatic rings. The van der Waals surface area contributed by atoms with Gasteiger partial charge in [-0.25, -0.2) is 18.4 Å². The number of thiophene rings is 1. The number of rotatable bonds is 5. The molecule has 0 radical (unpaired) electrons. The van der Waals surface area contributed by atoms with Crippen LogP contribution in [0.15, 0.2) is 46.0 Å². The molecule has 1 saturated heterocycles. The minimum absolute atomic E-state index is 0.0522. The highest BCUT2D eigenvalue weighted by Crippen LogP contribution is 2.26. The number of primary sulfonamides is 1.